The van der Waals surface area contributed by atoms with E-state index in [0.717, 1.165) is 26.4 Å². The molecule has 0 N–H and O–H groups in total. The van der Waals surface area contributed by atoms with E-state index in [1.165, 1.54) is 30.2 Å². The molecule has 6 nitrogen and oxygen atoms in total. The Hall–Kier alpha value is -2.45. The van der Waals surface area contributed by atoms with Crippen LogP contribution in [-0.4, -0.2) is 39.4 Å². The van der Waals surface area contributed by atoms with Crippen LogP contribution in [0.15, 0.2) is 34.7 Å². The molecule has 8 heteroatoms. The number of aromatic nitrogens is 3. The van der Waals surface area contributed by atoms with Gasteiger partial charge in [0.15, 0.2) is 10.1 Å². The van der Waals surface area contributed by atoms with E-state index in [9.17, 15) is 9.59 Å². The maximum atomic E-state index is 12.7. The molecule has 2 heterocycles. The number of carbonyl (C=O) groups excluding carboxylic acids is 2. The van der Waals surface area contributed by atoms with Crippen molar-refractivity contribution in [3.05, 3.63) is 57.9 Å². The summed E-state index contributed by atoms with van der Waals surface area (Å²) in [5.41, 5.74) is 3.90. The number of ether oxygens (including phenoxy) is 1. The van der Waals surface area contributed by atoms with E-state index in [0.29, 0.717) is 16.9 Å². The predicted octanol–water partition coefficient (Wildman–Crippen LogP) is 4.02. The van der Waals surface area contributed by atoms with Crippen molar-refractivity contribution in [2.75, 3.05) is 12.9 Å². The van der Waals surface area contributed by atoms with Gasteiger partial charge in [-0.2, -0.15) is 0 Å². The molecule has 0 bridgehead atoms. The van der Waals surface area contributed by atoms with E-state index in [-0.39, 0.29) is 11.8 Å². The normalized spacial score (nSPS) is 10.8. The van der Waals surface area contributed by atoms with Gasteiger partial charge in [0.25, 0.3) is 0 Å². The van der Waals surface area contributed by atoms with Gasteiger partial charge in [0.2, 0.25) is 0 Å². The minimum atomic E-state index is -0.373. The van der Waals surface area contributed by atoms with Crippen LogP contribution in [0, 0.1) is 20.8 Å². The van der Waals surface area contributed by atoms with Crippen LogP contribution in [-0.2, 0) is 4.74 Å². The predicted molar refractivity (Wildman–Crippen MR) is 106 cm³/mol. The molecular formula is C19H19N3O3S2. The fourth-order valence-corrected chi connectivity index (χ4v) is 4.55. The third kappa shape index (κ3) is 4.12. The van der Waals surface area contributed by atoms with E-state index in [1.54, 1.807) is 12.1 Å². The highest BCUT2D eigenvalue weighted by Crippen LogP contribution is 2.26. The lowest BCUT2D eigenvalue weighted by molar-refractivity contribution is 0.0600. The second-order valence-electron chi connectivity index (χ2n) is 5.96. The van der Waals surface area contributed by atoms with E-state index in [4.69, 9.17) is 4.74 Å². The van der Waals surface area contributed by atoms with Gasteiger partial charge in [0.1, 0.15) is 5.01 Å². The summed E-state index contributed by atoms with van der Waals surface area (Å²) in [5.74, 6) is 0.000841. The largest absolute Gasteiger partial charge is 0.465 e. The standard InChI is InChI=1S/C19H19N3O3S2/c1-11-9-16(17(23)10-26-19-21-20-13(3)27-19)12(2)22(11)15-7-5-14(6-8-15)18(24)25-4/h5-9H,10H2,1-4H3. The van der Waals surface area contributed by atoms with Crippen molar-refractivity contribution in [1.29, 1.82) is 0 Å². The fraction of sp³-hybridized carbons (Fsp3) is 0.263. The molecule has 0 aliphatic rings. The van der Waals surface area contributed by atoms with E-state index >= 15 is 0 Å². The summed E-state index contributed by atoms with van der Waals surface area (Å²) >= 11 is 2.89. The number of hydrogen-bond acceptors (Lipinski definition) is 7. The number of methoxy groups -OCH3 is 1. The van der Waals surface area contributed by atoms with Crippen LogP contribution < -0.4 is 0 Å². The van der Waals surface area contributed by atoms with Crippen molar-refractivity contribution in [3.63, 3.8) is 0 Å². The van der Waals surface area contributed by atoms with Crippen molar-refractivity contribution < 1.29 is 14.3 Å². The Morgan fingerprint density at radius 2 is 1.85 bits per heavy atom. The van der Waals surface area contributed by atoms with E-state index in [2.05, 4.69) is 10.2 Å². The maximum absolute atomic E-state index is 12.7. The molecule has 0 atom stereocenters. The highest BCUT2D eigenvalue weighted by Gasteiger charge is 2.18. The number of aryl methyl sites for hydroxylation is 2. The zero-order valence-corrected chi connectivity index (χ0v) is 17.1. The SMILES string of the molecule is COC(=O)c1ccc(-n2c(C)cc(C(=O)CSc3nnc(C)s3)c2C)cc1. The van der Waals surface area contributed by atoms with Gasteiger partial charge in [0, 0.05) is 22.6 Å². The number of nitrogens with zero attached hydrogens (tertiary/aromatic N) is 3. The molecule has 0 spiro atoms. The number of ketones is 1. The third-order valence-corrected chi connectivity index (χ3v) is 6.08. The van der Waals surface area contributed by atoms with Crippen LogP contribution in [0.5, 0.6) is 0 Å². The zero-order valence-electron chi connectivity index (χ0n) is 15.5. The number of esters is 1. The van der Waals surface area contributed by atoms with Gasteiger partial charge in [-0.1, -0.05) is 23.1 Å². The molecule has 0 aliphatic carbocycles. The lowest BCUT2D eigenvalue weighted by Gasteiger charge is -2.10. The molecule has 27 heavy (non-hydrogen) atoms. The van der Waals surface area contributed by atoms with Crippen molar-refractivity contribution in [2.24, 2.45) is 0 Å². The molecule has 0 amide bonds. The Morgan fingerprint density at radius 1 is 1.15 bits per heavy atom. The molecule has 3 rings (SSSR count). The Morgan fingerprint density at radius 3 is 2.44 bits per heavy atom. The lowest BCUT2D eigenvalue weighted by atomic mass is 10.2. The Kier molecular flexibility index (Phi) is 5.76. The van der Waals surface area contributed by atoms with Gasteiger partial charge in [-0.15, -0.1) is 10.2 Å². The molecule has 0 fully saturated rings. The summed E-state index contributed by atoms with van der Waals surface area (Å²) in [6.07, 6.45) is 0. The van der Waals surface area contributed by atoms with Crippen molar-refractivity contribution in [2.45, 2.75) is 25.1 Å². The van der Waals surface area contributed by atoms with Gasteiger partial charge in [0.05, 0.1) is 18.4 Å². The first-order valence-corrected chi connectivity index (χ1v) is 10.0. The number of Topliss-reactive ketones (excluding diaryl/α,β-unsaturated/α-hetero) is 1. The Labute approximate surface area is 165 Å². The molecule has 0 aliphatic heterocycles. The van der Waals surface area contributed by atoms with Crippen LogP contribution >= 0.6 is 23.1 Å². The minimum absolute atomic E-state index is 0.0541. The number of carbonyl (C=O) groups is 2. The molecule has 2 aromatic heterocycles. The third-order valence-electron chi connectivity index (χ3n) is 4.11. The highest BCUT2D eigenvalue weighted by molar-refractivity contribution is 8.01. The van der Waals surface area contributed by atoms with Crippen molar-refractivity contribution >= 4 is 34.9 Å². The summed E-state index contributed by atoms with van der Waals surface area (Å²) < 4.78 is 7.54. The minimum Gasteiger partial charge on any atom is -0.465 e. The first-order chi connectivity index (χ1) is 12.9. The van der Waals surface area contributed by atoms with Crippen LogP contribution in [0.3, 0.4) is 0 Å². The highest BCUT2D eigenvalue weighted by atomic mass is 32.2. The van der Waals surface area contributed by atoms with Crippen molar-refractivity contribution in [1.82, 2.24) is 14.8 Å². The summed E-state index contributed by atoms with van der Waals surface area (Å²) in [5, 5.41) is 8.90. The maximum Gasteiger partial charge on any atom is 0.337 e. The smallest absolute Gasteiger partial charge is 0.337 e. The summed E-state index contributed by atoms with van der Waals surface area (Å²) in [6, 6.07) is 9.03. The van der Waals surface area contributed by atoms with Crippen LogP contribution in [0.4, 0.5) is 0 Å². The summed E-state index contributed by atoms with van der Waals surface area (Å²) in [6.45, 7) is 5.77. The Bertz CT molecular complexity index is 990. The average molecular weight is 402 g/mol. The topological polar surface area (TPSA) is 74.1 Å². The lowest BCUT2D eigenvalue weighted by Crippen LogP contribution is -2.06. The van der Waals surface area contributed by atoms with Gasteiger partial charge < -0.3 is 9.30 Å². The Balaban J connectivity index is 1.81. The van der Waals surface area contributed by atoms with Gasteiger partial charge in [-0.3, -0.25) is 4.79 Å². The average Bonchev–Trinajstić information content (AvgIpc) is 3.21. The molecule has 140 valence electrons. The van der Waals surface area contributed by atoms with Crippen LogP contribution in [0.25, 0.3) is 5.69 Å². The molecule has 0 radical (unpaired) electrons. The number of rotatable bonds is 6. The molecule has 3 aromatic rings. The van der Waals surface area contributed by atoms with Gasteiger partial charge in [-0.05, 0) is 51.1 Å². The van der Waals surface area contributed by atoms with Crippen LogP contribution in [0.2, 0.25) is 0 Å². The molecule has 0 saturated heterocycles. The molecule has 1 aromatic carbocycles. The monoisotopic (exact) mass is 401 g/mol. The number of thioether (sulfide) groups is 1. The quantitative estimate of drug-likeness (QED) is 0.353. The fourth-order valence-electron chi connectivity index (χ4n) is 2.85. The first-order valence-electron chi connectivity index (χ1n) is 8.24. The molecule has 0 saturated carbocycles. The second kappa shape index (κ2) is 8.06. The van der Waals surface area contributed by atoms with Gasteiger partial charge in [-0.25, -0.2) is 4.79 Å². The van der Waals surface area contributed by atoms with Crippen LogP contribution in [0.1, 0.15) is 37.1 Å². The number of hydrogen-bond donors (Lipinski definition) is 0. The molecular weight excluding hydrogens is 382 g/mol. The summed E-state index contributed by atoms with van der Waals surface area (Å²) in [7, 11) is 1.36. The van der Waals surface area contributed by atoms with Crippen molar-refractivity contribution in [3.8, 4) is 5.69 Å². The van der Waals surface area contributed by atoms with E-state index < -0.39 is 0 Å². The zero-order chi connectivity index (χ0) is 19.6. The van der Waals surface area contributed by atoms with Gasteiger partial charge >= 0.3 is 5.97 Å². The summed E-state index contributed by atoms with van der Waals surface area (Å²) in [4.78, 5) is 24.3. The second-order valence-corrected chi connectivity index (χ2v) is 8.36. The van der Waals surface area contributed by atoms with E-state index in [1.807, 2.05) is 43.5 Å². The number of benzene rings is 1. The molecule has 0 unspecified atom stereocenters. The first kappa shape index (κ1) is 19.3.